The predicted molar refractivity (Wildman–Crippen MR) is 85.2 cm³/mol. The number of hydrogen-bond acceptors (Lipinski definition) is 5. The highest BCUT2D eigenvalue weighted by atomic mass is 16.5. The number of amides is 1. The van der Waals surface area contributed by atoms with Crippen LogP contribution < -0.4 is 10.5 Å². The maximum absolute atomic E-state index is 11.1. The van der Waals surface area contributed by atoms with Gasteiger partial charge in [-0.05, 0) is 19.4 Å². The molecule has 0 aliphatic carbocycles. The SMILES string of the molecule is COc1ccc(C)cc1CN1CCC(n2cc(C(N)=O)nn2)C1. The van der Waals surface area contributed by atoms with Gasteiger partial charge in [0.2, 0.25) is 0 Å². The van der Waals surface area contributed by atoms with Gasteiger partial charge in [-0.2, -0.15) is 0 Å². The van der Waals surface area contributed by atoms with E-state index in [4.69, 9.17) is 10.5 Å². The Morgan fingerprint density at radius 3 is 3.00 bits per heavy atom. The van der Waals surface area contributed by atoms with Crippen LogP contribution in [0.15, 0.2) is 24.4 Å². The first-order valence-electron chi connectivity index (χ1n) is 7.64. The topological polar surface area (TPSA) is 86.3 Å². The van der Waals surface area contributed by atoms with Crippen molar-refractivity contribution in [3.05, 3.63) is 41.2 Å². The molecular formula is C16H21N5O2. The Labute approximate surface area is 135 Å². The van der Waals surface area contributed by atoms with E-state index >= 15 is 0 Å². The molecule has 1 aliphatic rings. The van der Waals surface area contributed by atoms with E-state index in [1.54, 1.807) is 18.0 Å². The summed E-state index contributed by atoms with van der Waals surface area (Å²) in [5.74, 6) is 0.367. The second-order valence-electron chi connectivity index (χ2n) is 5.94. The van der Waals surface area contributed by atoms with Gasteiger partial charge in [0.05, 0.1) is 19.3 Å². The lowest BCUT2D eigenvalue weighted by atomic mass is 10.1. The third-order valence-corrected chi connectivity index (χ3v) is 4.21. The lowest BCUT2D eigenvalue weighted by molar-refractivity contribution is 0.0995. The molecule has 0 saturated carbocycles. The molecule has 0 radical (unpaired) electrons. The molecule has 1 aromatic heterocycles. The number of aromatic nitrogens is 3. The highest BCUT2D eigenvalue weighted by molar-refractivity contribution is 5.90. The lowest BCUT2D eigenvalue weighted by Gasteiger charge is -2.18. The van der Waals surface area contributed by atoms with E-state index in [2.05, 4.69) is 34.3 Å². The van der Waals surface area contributed by atoms with Crippen LogP contribution in [0.1, 0.15) is 34.1 Å². The lowest BCUT2D eigenvalue weighted by Crippen LogP contribution is -2.22. The molecule has 2 N–H and O–H groups in total. The van der Waals surface area contributed by atoms with Crippen molar-refractivity contribution in [3.8, 4) is 5.75 Å². The maximum Gasteiger partial charge on any atom is 0.270 e. The van der Waals surface area contributed by atoms with Gasteiger partial charge in [0.1, 0.15) is 5.75 Å². The van der Waals surface area contributed by atoms with Crippen molar-refractivity contribution >= 4 is 5.91 Å². The number of aryl methyl sites for hydroxylation is 1. The summed E-state index contributed by atoms with van der Waals surface area (Å²) < 4.78 is 7.19. The normalized spacial score (nSPS) is 18.3. The second-order valence-corrected chi connectivity index (χ2v) is 5.94. The number of methoxy groups -OCH3 is 1. The van der Waals surface area contributed by atoms with Gasteiger partial charge in [0.25, 0.3) is 5.91 Å². The van der Waals surface area contributed by atoms with Gasteiger partial charge in [-0.3, -0.25) is 9.69 Å². The zero-order chi connectivity index (χ0) is 16.4. The molecule has 7 nitrogen and oxygen atoms in total. The summed E-state index contributed by atoms with van der Waals surface area (Å²) in [4.78, 5) is 13.5. The first-order chi connectivity index (χ1) is 11.1. The Balaban J connectivity index is 1.68. The number of likely N-dealkylation sites (tertiary alicyclic amines) is 1. The molecule has 2 heterocycles. The Hall–Kier alpha value is -2.41. The largest absolute Gasteiger partial charge is 0.496 e. The van der Waals surface area contributed by atoms with E-state index in [0.717, 1.165) is 31.8 Å². The summed E-state index contributed by atoms with van der Waals surface area (Å²) in [5.41, 5.74) is 7.84. The summed E-state index contributed by atoms with van der Waals surface area (Å²) in [7, 11) is 1.70. The zero-order valence-electron chi connectivity index (χ0n) is 13.4. The van der Waals surface area contributed by atoms with Crippen LogP contribution in [0.5, 0.6) is 5.75 Å². The average molecular weight is 315 g/mol. The molecule has 1 saturated heterocycles. The van der Waals surface area contributed by atoms with Crippen LogP contribution in [-0.2, 0) is 6.54 Å². The van der Waals surface area contributed by atoms with Crippen LogP contribution in [0, 0.1) is 6.92 Å². The van der Waals surface area contributed by atoms with Gasteiger partial charge >= 0.3 is 0 Å². The smallest absolute Gasteiger partial charge is 0.270 e. The molecule has 1 atom stereocenters. The van der Waals surface area contributed by atoms with Gasteiger partial charge in [0, 0.05) is 25.2 Å². The summed E-state index contributed by atoms with van der Waals surface area (Å²) >= 11 is 0. The van der Waals surface area contributed by atoms with E-state index in [9.17, 15) is 4.79 Å². The highest BCUT2D eigenvalue weighted by Gasteiger charge is 2.26. The molecule has 23 heavy (non-hydrogen) atoms. The van der Waals surface area contributed by atoms with E-state index in [1.165, 1.54) is 11.1 Å². The first kappa shape index (κ1) is 15.5. The standard InChI is InChI=1S/C16H21N5O2/c1-11-3-4-15(23-2)12(7-11)8-20-6-5-13(9-20)21-10-14(16(17)22)18-19-21/h3-4,7,10,13H,5-6,8-9H2,1-2H3,(H2,17,22). The molecule has 2 aromatic rings. The van der Waals surface area contributed by atoms with Gasteiger partial charge in [-0.1, -0.05) is 22.9 Å². The van der Waals surface area contributed by atoms with Crippen molar-refractivity contribution in [3.63, 3.8) is 0 Å². The number of carbonyl (C=O) groups is 1. The fraction of sp³-hybridized carbons (Fsp3) is 0.438. The van der Waals surface area contributed by atoms with Crippen molar-refractivity contribution in [2.75, 3.05) is 20.2 Å². The minimum absolute atomic E-state index is 0.212. The number of ether oxygens (including phenoxy) is 1. The minimum atomic E-state index is -0.546. The molecular weight excluding hydrogens is 294 g/mol. The van der Waals surface area contributed by atoms with Crippen LogP contribution in [0.3, 0.4) is 0 Å². The fourth-order valence-electron chi connectivity index (χ4n) is 3.01. The van der Waals surface area contributed by atoms with Crippen LogP contribution in [-0.4, -0.2) is 46.0 Å². The number of rotatable bonds is 5. The monoisotopic (exact) mass is 315 g/mol. The number of primary amides is 1. The summed E-state index contributed by atoms with van der Waals surface area (Å²) in [6, 6.07) is 6.43. The molecule has 3 rings (SSSR count). The van der Waals surface area contributed by atoms with Crippen molar-refractivity contribution in [2.24, 2.45) is 5.73 Å². The number of nitrogens with two attached hydrogens (primary N) is 1. The van der Waals surface area contributed by atoms with E-state index in [1.807, 2.05) is 6.07 Å². The van der Waals surface area contributed by atoms with Gasteiger partial charge in [-0.15, -0.1) is 5.10 Å². The molecule has 1 unspecified atom stereocenters. The van der Waals surface area contributed by atoms with E-state index in [0.29, 0.717) is 0 Å². The second kappa shape index (κ2) is 6.37. The number of nitrogens with zero attached hydrogens (tertiary/aromatic N) is 4. The van der Waals surface area contributed by atoms with E-state index < -0.39 is 5.91 Å². The molecule has 7 heteroatoms. The van der Waals surface area contributed by atoms with Crippen LogP contribution in [0.2, 0.25) is 0 Å². The van der Waals surface area contributed by atoms with Gasteiger partial charge in [-0.25, -0.2) is 4.68 Å². The first-order valence-corrected chi connectivity index (χ1v) is 7.64. The zero-order valence-corrected chi connectivity index (χ0v) is 13.4. The average Bonchev–Trinajstić information content (AvgIpc) is 3.16. The Morgan fingerprint density at radius 1 is 1.48 bits per heavy atom. The van der Waals surface area contributed by atoms with Gasteiger partial charge < -0.3 is 10.5 Å². The molecule has 122 valence electrons. The van der Waals surface area contributed by atoms with E-state index in [-0.39, 0.29) is 11.7 Å². The van der Waals surface area contributed by atoms with Crippen LogP contribution in [0.4, 0.5) is 0 Å². The van der Waals surface area contributed by atoms with Crippen LogP contribution in [0.25, 0.3) is 0 Å². The van der Waals surface area contributed by atoms with Crippen molar-refractivity contribution in [1.82, 2.24) is 19.9 Å². The molecule has 1 fully saturated rings. The Morgan fingerprint density at radius 2 is 2.30 bits per heavy atom. The molecule has 1 aromatic carbocycles. The molecule has 0 bridgehead atoms. The Kier molecular flexibility index (Phi) is 4.29. The van der Waals surface area contributed by atoms with Gasteiger partial charge in [0.15, 0.2) is 5.69 Å². The molecule has 1 aliphatic heterocycles. The maximum atomic E-state index is 11.1. The number of hydrogen-bond donors (Lipinski definition) is 1. The van der Waals surface area contributed by atoms with Crippen LogP contribution >= 0.6 is 0 Å². The fourth-order valence-corrected chi connectivity index (χ4v) is 3.01. The Bertz CT molecular complexity index is 712. The van der Waals surface area contributed by atoms with Crippen molar-refractivity contribution < 1.29 is 9.53 Å². The minimum Gasteiger partial charge on any atom is -0.496 e. The molecule has 0 spiro atoms. The number of benzene rings is 1. The third-order valence-electron chi connectivity index (χ3n) is 4.21. The predicted octanol–water partition coefficient (Wildman–Crippen LogP) is 1.14. The quantitative estimate of drug-likeness (QED) is 0.894. The van der Waals surface area contributed by atoms with Crippen molar-refractivity contribution in [2.45, 2.75) is 25.9 Å². The molecule has 1 amide bonds. The summed E-state index contributed by atoms with van der Waals surface area (Å²) in [6.07, 6.45) is 2.60. The summed E-state index contributed by atoms with van der Waals surface area (Å²) in [5, 5.41) is 7.83. The highest BCUT2D eigenvalue weighted by Crippen LogP contribution is 2.26. The van der Waals surface area contributed by atoms with Crippen molar-refractivity contribution in [1.29, 1.82) is 0 Å². The third kappa shape index (κ3) is 3.34. The summed E-state index contributed by atoms with van der Waals surface area (Å²) in [6.45, 7) is 4.74. The number of carbonyl (C=O) groups excluding carboxylic acids is 1.